The van der Waals surface area contributed by atoms with Gasteiger partial charge in [-0.25, -0.2) is 14.4 Å². The summed E-state index contributed by atoms with van der Waals surface area (Å²) in [5, 5.41) is 3.21. The van der Waals surface area contributed by atoms with Crippen molar-refractivity contribution in [1.29, 1.82) is 0 Å². The van der Waals surface area contributed by atoms with Crippen LogP contribution in [0, 0.1) is 5.82 Å². The van der Waals surface area contributed by atoms with E-state index in [1.165, 1.54) is 12.1 Å². The highest BCUT2D eigenvalue weighted by atomic mass is 19.1. The first kappa shape index (κ1) is 21.7. The molecule has 1 aromatic heterocycles. The fourth-order valence-corrected chi connectivity index (χ4v) is 3.99. The molecule has 6 nitrogen and oxygen atoms in total. The highest BCUT2D eigenvalue weighted by molar-refractivity contribution is 5.76. The van der Waals surface area contributed by atoms with Crippen molar-refractivity contribution in [3.8, 4) is 17.0 Å². The zero-order valence-corrected chi connectivity index (χ0v) is 18.3. The fraction of sp³-hybridized carbons (Fsp3) is 0.320. The van der Waals surface area contributed by atoms with Crippen LogP contribution in [0.25, 0.3) is 11.3 Å². The van der Waals surface area contributed by atoms with Gasteiger partial charge in [0.2, 0.25) is 5.91 Å². The summed E-state index contributed by atoms with van der Waals surface area (Å²) in [6.45, 7) is 3.26. The summed E-state index contributed by atoms with van der Waals surface area (Å²) in [7, 11) is 1.63. The molecule has 1 atom stereocenters. The fourth-order valence-electron chi connectivity index (χ4n) is 3.99. The summed E-state index contributed by atoms with van der Waals surface area (Å²) in [6, 6.07) is 15.8. The molecule has 1 aliphatic rings. The predicted octanol–water partition coefficient (Wildman–Crippen LogP) is 5.15. The summed E-state index contributed by atoms with van der Waals surface area (Å²) in [4.78, 5) is 23.8. The smallest absolute Gasteiger partial charge is 0.222 e. The van der Waals surface area contributed by atoms with Crippen molar-refractivity contribution < 1.29 is 13.9 Å². The van der Waals surface area contributed by atoms with Crippen LogP contribution in [0.2, 0.25) is 0 Å². The quantitative estimate of drug-likeness (QED) is 0.581. The van der Waals surface area contributed by atoms with Crippen LogP contribution < -0.4 is 10.1 Å². The maximum Gasteiger partial charge on any atom is 0.222 e. The van der Waals surface area contributed by atoms with E-state index in [9.17, 15) is 9.18 Å². The zero-order chi connectivity index (χ0) is 22.5. The molecule has 1 amide bonds. The highest BCUT2D eigenvalue weighted by Crippen LogP contribution is 2.30. The number of piperidine rings is 1. The molecule has 2 heterocycles. The molecule has 3 aromatic rings. The lowest BCUT2D eigenvalue weighted by Gasteiger charge is -2.32. The average Bonchev–Trinajstić information content (AvgIpc) is 2.83. The van der Waals surface area contributed by atoms with Gasteiger partial charge in [0, 0.05) is 42.7 Å². The van der Waals surface area contributed by atoms with Crippen LogP contribution in [-0.2, 0) is 4.79 Å². The van der Waals surface area contributed by atoms with Crippen LogP contribution in [0.4, 0.5) is 15.9 Å². The molecule has 0 bridgehead atoms. The number of hydrogen-bond acceptors (Lipinski definition) is 5. The van der Waals surface area contributed by atoms with Gasteiger partial charge in [-0.3, -0.25) is 4.79 Å². The number of amides is 1. The van der Waals surface area contributed by atoms with Crippen molar-refractivity contribution in [3.63, 3.8) is 0 Å². The van der Waals surface area contributed by atoms with E-state index in [0.29, 0.717) is 30.3 Å². The molecule has 0 spiro atoms. The minimum Gasteiger partial charge on any atom is -0.497 e. The Kier molecular flexibility index (Phi) is 6.63. The van der Waals surface area contributed by atoms with Gasteiger partial charge in [0.05, 0.1) is 12.8 Å². The Hall–Kier alpha value is -3.48. The molecule has 0 radical (unpaired) electrons. The number of aromatic nitrogens is 2. The SMILES string of the molecule is CCC(=O)N1CCCC(c2nc(Nc3cccc(F)c3)cc(-c3cccc(OC)c3)n2)C1. The number of carbonyl (C=O) groups excluding carboxylic acids is 1. The van der Waals surface area contributed by atoms with Gasteiger partial charge in [0.25, 0.3) is 0 Å². The highest BCUT2D eigenvalue weighted by Gasteiger charge is 2.26. The molecule has 0 aliphatic carbocycles. The van der Waals surface area contributed by atoms with Gasteiger partial charge in [0.1, 0.15) is 23.2 Å². The maximum atomic E-state index is 13.7. The number of nitrogens with zero attached hydrogens (tertiary/aromatic N) is 3. The van der Waals surface area contributed by atoms with Gasteiger partial charge in [-0.1, -0.05) is 25.1 Å². The van der Waals surface area contributed by atoms with Gasteiger partial charge < -0.3 is 15.0 Å². The number of carbonyl (C=O) groups is 1. The van der Waals surface area contributed by atoms with E-state index < -0.39 is 0 Å². The van der Waals surface area contributed by atoms with E-state index in [1.807, 2.05) is 42.2 Å². The van der Waals surface area contributed by atoms with E-state index in [0.717, 1.165) is 36.4 Å². The topological polar surface area (TPSA) is 67.4 Å². The van der Waals surface area contributed by atoms with Crippen molar-refractivity contribution >= 4 is 17.4 Å². The molecule has 7 heteroatoms. The molecule has 1 aliphatic heterocycles. The Labute approximate surface area is 187 Å². The Bertz CT molecular complexity index is 1100. The molecule has 1 N–H and O–H groups in total. The first-order valence-electron chi connectivity index (χ1n) is 10.9. The normalized spacial score (nSPS) is 16.0. The Balaban J connectivity index is 1.72. The Morgan fingerprint density at radius 2 is 2.03 bits per heavy atom. The van der Waals surface area contributed by atoms with Crippen molar-refractivity contribution in [2.45, 2.75) is 32.1 Å². The van der Waals surface area contributed by atoms with Gasteiger partial charge >= 0.3 is 0 Å². The molecule has 4 rings (SSSR count). The third kappa shape index (κ3) is 5.04. The van der Waals surface area contributed by atoms with Crippen molar-refractivity contribution in [1.82, 2.24) is 14.9 Å². The Morgan fingerprint density at radius 3 is 2.81 bits per heavy atom. The van der Waals surface area contributed by atoms with Crippen molar-refractivity contribution in [2.75, 3.05) is 25.5 Å². The number of hydrogen-bond donors (Lipinski definition) is 1. The lowest BCUT2D eigenvalue weighted by molar-refractivity contribution is -0.132. The van der Waals surface area contributed by atoms with Crippen LogP contribution in [-0.4, -0.2) is 41.0 Å². The average molecular weight is 435 g/mol. The molecule has 2 aromatic carbocycles. The van der Waals surface area contributed by atoms with Gasteiger partial charge in [-0.2, -0.15) is 0 Å². The van der Waals surface area contributed by atoms with E-state index in [2.05, 4.69) is 5.32 Å². The third-order valence-electron chi connectivity index (χ3n) is 5.65. The van der Waals surface area contributed by atoms with Gasteiger partial charge in [-0.05, 0) is 43.2 Å². The second-order valence-electron chi connectivity index (χ2n) is 7.90. The number of methoxy groups -OCH3 is 1. The molecule has 1 fully saturated rings. The summed E-state index contributed by atoms with van der Waals surface area (Å²) in [5.41, 5.74) is 2.25. The number of nitrogens with one attached hydrogen (secondary N) is 1. The minimum atomic E-state index is -0.321. The number of ether oxygens (including phenoxy) is 1. The van der Waals surface area contributed by atoms with E-state index in [4.69, 9.17) is 14.7 Å². The number of halogens is 1. The summed E-state index contributed by atoms with van der Waals surface area (Å²) in [5.74, 6) is 1.86. The van der Waals surface area contributed by atoms with Crippen LogP contribution in [0.3, 0.4) is 0 Å². The zero-order valence-electron chi connectivity index (χ0n) is 18.3. The standard InChI is InChI=1S/C25H27FN4O2/c1-3-24(31)30-12-6-8-18(16-30)25-28-22(17-7-4-11-21(13-17)32-2)15-23(29-25)27-20-10-5-9-19(26)14-20/h4-5,7,9-11,13-15,18H,3,6,8,12,16H2,1-2H3,(H,27,28,29). The van der Waals surface area contributed by atoms with Crippen molar-refractivity contribution in [2.24, 2.45) is 0 Å². The molecule has 32 heavy (non-hydrogen) atoms. The van der Waals surface area contributed by atoms with Crippen LogP contribution >= 0.6 is 0 Å². The summed E-state index contributed by atoms with van der Waals surface area (Å²) >= 11 is 0. The molecule has 0 saturated carbocycles. The lowest BCUT2D eigenvalue weighted by Crippen LogP contribution is -2.39. The first-order valence-corrected chi connectivity index (χ1v) is 10.9. The Morgan fingerprint density at radius 1 is 1.19 bits per heavy atom. The first-order chi connectivity index (χ1) is 15.6. The molecule has 1 saturated heterocycles. The minimum absolute atomic E-state index is 0.0397. The molecule has 1 unspecified atom stereocenters. The lowest BCUT2D eigenvalue weighted by atomic mass is 9.96. The second-order valence-corrected chi connectivity index (χ2v) is 7.90. The largest absolute Gasteiger partial charge is 0.497 e. The summed E-state index contributed by atoms with van der Waals surface area (Å²) in [6.07, 6.45) is 2.31. The number of anilines is 2. The monoisotopic (exact) mass is 434 g/mol. The third-order valence-corrected chi connectivity index (χ3v) is 5.65. The van der Waals surface area contributed by atoms with E-state index in [-0.39, 0.29) is 17.6 Å². The van der Waals surface area contributed by atoms with E-state index >= 15 is 0 Å². The van der Waals surface area contributed by atoms with E-state index in [1.54, 1.807) is 19.2 Å². The summed E-state index contributed by atoms with van der Waals surface area (Å²) < 4.78 is 19.1. The van der Waals surface area contributed by atoms with Crippen molar-refractivity contribution in [3.05, 3.63) is 66.2 Å². The van der Waals surface area contributed by atoms with Crippen LogP contribution in [0.1, 0.15) is 37.9 Å². The molecule has 166 valence electrons. The number of benzene rings is 2. The number of likely N-dealkylation sites (tertiary alicyclic amines) is 1. The second kappa shape index (κ2) is 9.77. The van der Waals surface area contributed by atoms with Gasteiger partial charge in [-0.15, -0.1) is 0 Å². The number of rotatable bonds is 6. The van der Waals surface area contributed by atoms with Gasteiger partial charge in [0.15, 0.2) is 0 Å². The van der Waals surface area contributed by atoms with Crippen LogP contribution in [0.15, 0.2) is 54.6 Å². The molecular weight excluding hydrogens is 407 g/mol. The predicted molar refractivity (Wildman–Crippen MR) is 123 cm³/mol. The maximum absolute atomic E-state index is 13.7. The molecular formula is C25H27FN4O2. The van der Waals surface area contributed by atoms with Crippen LogP contribution in [0.5, 0.6) is 5.75 Å².